The Bertz CT molecular complexity index is 591. The van der Waals surface area contributed by atoms with Crippen LogP contribution >= 0.6 is 11.6 Å². The van der Waals surface area contributed by atoms with E-state index >= 15 is 0 Å². The van der Waals surface area contributed by atoms with Gasteiger partial charge in [0, 0.05) is 11.6 Å². The minimum Gasteiger partial charge on any atom is -0.480 e. The summed E-state index contributed by atoms with van der Waals surface area (Å²) in [6, 6.07) is 6.46. The number of urea groups is 1. The molecule has 0 aliphatic rings. The van der Waals surface area contributed by atoms with Crippen molar-refractivity contribution >= 4 is 29.5 Å². The van der Waals surface area contributed by atoms with Crippen LogP contribution in [0.2, 0.25) is 5.02 Å². The van der Waals surface area contributed by atoms with Crippen molar-refractivity contribution in [3.63, 3.8) is 0 Å². The van der Waals surface area contributed by atoms with Crippen molar-refractivity contribution < 1.29 is 19.5 Å². The maximum absolute atomic E-state index is 11.8. The fraction of sp³-hybridized carbons (Fsp3) is 0.438. The van der Waals surface area contributed by atoms with Gasteiger partial charge in [-0.25, -0.2) is 9.59 Å². The summed E-state index contributed by atoms with van der Waals surface area (Å²) in [5.41, 5.74) is -0.479. The highest BCUT2D eigenvalue weighted by atomic mass is 35.5. The molecule has 0 bridgehead atoms. The predicted molar refractivity (Wildman–Crippen MR) is 90.8 cm³/mol. The van der Waals surface area contributed by atoms with E-state index in [9.17, 15) is 19.5 Å². The van der Waals surface area contributed by atoms with Gasteiger partial charge in [-0.2, -0.15) is 0 Å². The number of benzene rings is 1. The summed E-state index contributed by atoms with van der Waals surface area (Å²) in [6.45, 7) is 3.25. The Labute approximate surface area is 145 Å². The Morgan fingerprint density at radius 2 is 1.79 bits per heavy atom. The summed E-state index contributed by atoms with van der Waals surface area (Å²) in [4.78, 5) is 34.7. The van der Waals surface area contributed by atoms with E-state index in [1.807, 2.05) is 6.92 Å². The number of carboxylic acids is 1. The van der Waals surface area contributed by atoms with Crippen LogP contribution in [0.3, 0.4) is 0 Å². The third-order valence-electron chi connectivity index (χ3n) is 3.41. The van der Waals surface area contributed by atoms with Crippen molar-refractivity contribution in [2.45, 2.75) is 38.8 Å². The maximum atomic E-state index is 11.8. The number of aliphatic carboxylic acids is 1. The number of carboxylic acid groups (broad SMARTS) is 1. The van der Waals surface area contributed by atoms with Gasteiger partial charge in [0.1, 0.15) is 5.54 Å². The van der Waals surface area contributed by atoms with E-state index in [1.54, 1.807) is 24.3 Å². The van der Waals surface area contributed by atoms with Crippen molar-refractivity contribution in [2.24, 2.45) is 0 Å². The zero-order valence-electron chi connectivity index (χ0n) is 13.7. The molecule has 0 fully saturated rings. The Kier molecular flexibility index (Phi) is 7.51. The molecule has 7 nitrogen and oxygen atoms in total. The fourth-order valence-electron chi connectivity index (χ4n) is 2.08. The van der Waals surface area contributed by atoms with E-state index < -0.39 is 23.4 Å². The van der Waals surface area contributed by atoms with Crippen LogP contribution in [-0.4, -0.2) is 35.1 Å². The summed E-state index contributed by atoms with van der Waals surface area (Å²) in [5.74, 6) is -1.67. The molecule has 0 spiro atoms. The average molecular weight is 356 g/mol. The van der Waals surface area contributed by atoms with E-state index in [2.05, 4.69) is 16.0 Å². The van der Waals surface area contributed by atoms with Crippen molar-refractivity contribution in [3.8, 4) is 0 Å². The third kappa shape index (κ3) is 6.45. The number of amides is 3. The monoisotopic (exact) mass is 355 g/mol. The van der Waals surface area contributed by atoms with Crippen molar-refractivity contribution in [1.82, 2.24) is 16.0 Å². The molecule has 0 aromatic heterocycles. The highest BCUT2D eigenvalue weighted by Crippen LogP contribution is 2.12. The lowest BCUT2D eigenvalue weighted by molar-refractivity contribution is -0.147. The van der Waals surface area contributed by atoms with Gasteiger partial charge >= 0.3 is 12.0 Å². The molecule has 0 saturated carbocycles. The molecule has 1 atom stereocenters. The van der Waals surface area contributed by atoms with Gasteiger partial charge in [-0.1, -0.05) is 37.1 Å². The Hall–Kier alpha value is -2.28. The highest BCUT2D eigenvalue weighted by Gasteiger charge is 2.33. The first-order chi connectivity index (χ1) is 11.3. The second kappa shape index (κ2) is 9.12. The van der Waals surface area contributed by atoms with E-state index in [4.69, 9.17) is 11.6 Å². The van der Waals surface area contributed by atoms with E-state index in [0.29, 0.717) is 17.9 Å². The second-order valence-corrected chi connectivity index (χ2v) is 6.03. The van der Waals surface area contributed by atoms with Crippen LogP contribution in [0.15, 0.2) is 24.3 Å². The van der Waals surface area contributed by atoms with Gasteiger partial charge in [0.15, 0.2) is 0 Å². The largest absolute Gasteiger partial charge is 0.480 e. The van der Waals surface area contributed by atoms with Crippen molar-refractivity contribution in [1.29, 1.82) is 0 Å². The topological polar surface area (TPSA) is 108 Å². The zero-order valence-corrected chi connectivity index (χ0v) is 14.4. The Morgan fingerprint density at radius 3 is 2.33 bits per heavy atom. The Balaban J connectivity index is 2.39. The maximum Gasteiger partial charge on any atom is 0.329 e. The molecule has 4 N–H and O–H groups in total. The van der Waals surface area contributed by atoms with Crippen LogP contribution in [0.1, 0.15) is 32.3 Å². The fourth-order valence-corrected chi connectivity index (χ4v) is 2.21. The van der Waals surface area contributed by atoms with E-state index in [-0.39, 0.29) is 13.1 Å². The smallest absolute Gasteiger partial charge is 0.329 e. The lowest BCUT2D eigenvalue weighted by atomic mass is 9.96. The molecule has 0 aliphatic heterocycles. The predicted octanol–water partition coefficient (Wildman–Crippen LogP) is 1.90. The first-order valence-electron chi connectivity index (χ1n) is 7.57. The summed E-state index contributed by atoms with van der Waals surface area (Å²) in [7, 11) is 0. The van der Waals surface area contributed by atoms with E-state index in [0.717, 1.165) is 5.56 Å². The minimum atomic E-state index is -1.34. The molecule has 0 saturated heterocycles. The standard InChI is InChI=1S/C16H22ClN3O4/c1-3-8-16(2,14(22)23)20-13(21)10-19-15(24)18-9-11-4-6-12(17)7-5-11/h4-7H,3,8-10H2,1-2H3,(H,20,21)(H,22,23)(H2,18,19,24). The van der Waals surface area contributed by atoms with Crippen LogP contribution in [0.4, 0.5) is 4.79 Å². The number of hydrogen-bond acceptors (Lipinski definition) is 3. The normalized spacial score (nSPS) is 12.8. The minimum absolute atomic E-state index is 0.285. The third-order valence-corrected chi connectivity index (χ3v) is 3.67. The molecule has 0 aliphatic carbocycles. The molecule has 1 unspecified atom stereocenters. The zero-order chi connectivity index (χ0) is 18.2. The molecule has 1 aromatic carbocycles. The van der Waals surface area contributed by atoms with Gasteiger partial charge in [-0.05, 0) is 31.0 Å². The molecule has 132 valence electrons. The van der Waals surface area contributed by atoms with Crippen LogP contribution in [0.25, 0.3) is 0 Å². The van der Waals surface area contributed by atoms with Gasteiger partial charge in [-0.15, -0.1) is 0 Å². The van der Waals surface area contributed by atoms with Gasteiger partial charge in [0.2, 0.25) is 5.91 Å². The molecule has 8 heteroatoms. The van der Waals surface area contributed by atoms with Crippen molar-refractivity contribution in [3.05, 3.63) is 34.9 Å². The molecule has 1 aromatic rings. The summed E-state index contributed by atoms with van der Waals surface area (Å²) >= 11 is 5.77. The number of halogens is 1. The first-order valence-corrected chi connectivity index (χ1v) is 7.95. The van der Waals surface area contributed by atoms with Crippen LogP contribution < -0.4 is 16.0 Å². The molecular formula is C16H22ClN3O4. The van der Waals surface area contributed by atoms with Gasteiger partial charge in [0.25, 0.3) is 0 Å². The summed E-state index contributed by atoms with van der Waals surface area (Å²) in [5, 5.41) is 17.2. The lowest BCUT2D eigenvalue weighted by Crippen LogP contribution is -2.54. The quantitative estimate of drug-likeness (QED) is 0.571. The van der Waals surface area contributed by atoms with Gasteiger partial charge in [0.05, 0.1) is 6.54 Å². The van der Waals surface area contributed by atoms with Crippen LogP contribution in [-0.2, 0) is 16.1 Å². The lowest BCUT2D eigenvalue weighted by Gasteiger charge is -2.25. The molecular weight excluding hydrogens is 334 g/mol. The molecule has 1 rings (SSSR count). The van der Waals surface area contributed by atoms with Crippen LogP contribution in [0, 0.1) is 0 Å². The van der Waals surface area contributed by atoms with E-state index in [1.165, 1.54) is 6.92 Å². The number of hydrogen-bond donors (Lipinski definition) is 4. The number of nitrogens with one attached hydrogen (secondary N) is 3. The molecule has 0 heterocycles. The Morgan fingerprint density at radius 1 is 1.17 bits per heavy atom. The molecule has 3 amide bonds. The van der Waals surface area contributed by atoms with Gasteiger partial charge < -0.3 is 21.1 Å². The van der Waals surface area contributed by atoms with Crippen LogP contribution in [0.5, 0.6) is 0 Å². The molecule has 24 heavy (non-hydrogen) atoms. The summed E-state index contributed by atoms with van der Waals surface area (Å²) < 4.78 is 0. The summed E-state index contributed by atoms with van der Waals surface area (Å²) in [6.07, 6.45) is 0.912. The number of carbonyl (C=O) groups excluding carboxylic acids is 2. The average Bonchev–Trinajstić information content (AvgIpc) is 2.52. The second-order valence-electron chi connectivity index (χ2n) is 5.60. The highest BCUT2D eigenvalue weighted by molar-refractivity contribution is 6.30. The molecule has 0 radical (unpaired) electrons. The number of carbonyl (C=O) groups is 3. The number of rotatable bonds is 8. The van der Waals surface area contributed by atoms with Gasteiger partial charge in [-0.3, -0.25) is 4.79 Å². The first kappa shape index (κ1) is 19.8. The van der Waals surface area contributed by atoms with Crippen molar-refractivity contribution in [2.75, 3.05) is 6.54 Å². The SMILES string of the molecule is CCCC(C)(NC(=O)CNC(=O)NCc1ccc(Cl)cc1)C(=O)O.